The van der Waals surface area contributed by atoms with Gasteiger partial charge in [0.25, 0.3) is 11.8 Å². The van der Waals surface area contributed by atoms with Crippen molar-refractivity contribution in [2.75, 3.05) is 6.54 Å². The standard InChI is InChI=1S/C36H53N7O6/c1-5-10-25(29(44)34(48)39-23-15-16-23)40-33(47)28-24-14-9-13-22(24)20-43(28)35(49)30(36(2,3)4)42-32(46)27(21-11-7-6-8-12-21)41-31(45)26-19-37-17-18-38-26/h17-19,21-25,27-28,30H,5-16,20H2,1-4H3,(H,39,48)(H,40,47)(H,41,45)(H,42,46)/t22-,24+,25-,27+,28?,30?/m1/s1. The highest BCUT2D eigenvalue weighted by molar-refractivity contribution is 6.38. The third kappa shape index (κ3) is 8.83. The number of aromatic nitrogens is 2. The highest BCUT2D eigenvalue weighted by atomic mass is 16.2. The first-order chi connectivity index (χ1) is 23.4. The molecule has 1 aliphatic heterocycles. The van der Waals surface area contributed by atoms with Crippen molar-refractivity contribution >= 4 is 35.3 Å². The summed E-state index contributed by atoms with van der Waals surface area (Å²) in [6.07, 6.45) is 13.9. The summed E-state index contributed by atoms with van der Waals surface area (Å²) in [7, 11) is 0. The lowest BCUT2D eigenvalue weighted by Crippen LogP contribution is -2.62. The SMILES string of the molecule is CCC[C@@H](NC(=O)C1[C@H]2CCC[C@@H]2CN1C(=O)C(NC(=O)[C@@H](NC(=O)c1cnccn1)C1CCCCC1)C(C)(C)C)C(=O)C(=O)NC1CC1. The normalized spacial score (nSPS) is 24.2. The van der Waals surface area contributed by atoms with E-state index < -0.39 is 59.0 Å². The van der Waals surface area contributed by atoms with E-state index in [-0.39, 0.29) is 35.4 Å². The van der Waals surface area contributed by atoms with Crippen LogP contribution in [0.5, 0.6) is 0 Å². The summed E-state index contributed by atoms with van der Waals surface area (Å²) in [6, 6.07) is -3.68. The molecule has 13 heteroatoms. The van der Waals surface area contributed by atoms with Gasteiger partial charge in [-0.2, -0.15) is 0 Å². The molecule has 4 aliphatic rings. The van der Waals surface area contributed by atoms with Gasteiger partial charge < -0.3 is 26.2 Å². The maximum Gasteiger partial charge on any atom is 0.289 e. The first-order valence-corrected chi connectivity index (χ1v) is 18.2. The number of hydrogen-bond acceptors (Lipinski definition) is 8. The number of fused-ring (bicyclic) bond motifs is 1. The Kier molecular flexibility index (Phi) is 11.7. The van der Waals surface area contributed by atoms with Crippen molar-refractivity contribution in [3.8, 4) is 0 Å². The summed E-state index contributed by atoms with van der Waals surface area (Å²) in [5, 5.41) is 11.5. The second-order valence-electron chi connectivity index (χ2n) is 15.5. The van der Waals surface area contributed by atoms with E-state index in [9.17, 15) is 28.8 Å². The summed E-state index contributed by atoms with van der Waals surface area (Å²) in [5.74, 6) is -3.20. The summed E-state index contributed by atoms with van der Waals surface area (Å²) >= 11 is 0. The molecule has 3 saturated carbocycles. The van der Waals surface area contributed by atoms with Crippen LogP contribution in [0.3, 0.4) is 0 Å². The molecule has 13 nitrogen and oxygen atoms in total. The van der Waals surface area contributed by atoms with Crippen molar-refractivity contribution in [1.29, 1.82) is 0 Å². The summed E-state index contributed by atoms with van der Waals surface area (Å²) in [4.78, 5) is 91.4. The van der Waals surface area contributed by atoms with Gasteiger partial charge in [0, 0.05) is 25.0 Å². The molecule has 1 saturated heterocycles. The molecule has 1 aromatic rings. The van der Waals surface area contributed by atoms with Crippen molar-refractivity contribution < 1.29 is 28.8 Å². The molecule has 3 aliphatic carbocycles. The van der Waals surface area contributed by atoms with Gasteiger partial charge in [0.1, 0.15) is 23.8 Å². The number of rotatable bonds is 13. The molecule has 6 atom stereocenters. The van der Waals surface area contributed by atoms with Crippen LogP contribution < -0.4 is 21.3 Å². The number of Topliss-reactive ketones (excluding diaryl/α,β-unsaturated/α-hetero) is 1. The third-order valence-electron chi connectivity index (χ3n) is 10.7. The number of hydrogen-bond donors (Lipinski definition) is 4. The molecule has 2 unspecified atom stereocenters. The lowest BCUT2D eigenvalue weighted by Gasteiger charge is -2.38. The number of carbonyl (C=O) groups is 6. The minimum Gasteiger partial charge on any atom is -0.347 e. The van der Waals surface area contributed by atoms with Gasteiger partial charge >= 0.3 is 0 Å². The summed E-state index contributed by atoms with van der Waals surface area (Å²) in [6.45, 7) is 7.85. The van der Waals surface area contributed by atoms with Crippen LogP contribution in [-0.4, -0.2) is 86.9 Å². The molecule has 1 aromatic heterocycles. The van der Waals surface area contributed by atoms with Crippen molar-refractivity contribution in [3.05, 3.63) is 24.3 Å². The van der Waals surface area contributed by atoms with E-state index in [4.69, 9.17) is 0 Å². The van der Waals surface area contributed by atoms with Gasteiger partial charge in [0.2, 0.25) is 23.5 Å². The molecular formula is C36H53N7O6. The number of ketones is 1. The Hall–Kier alpha value is -3.90. The zero-order valence-electron chi connectivity index (χ0n) is 29.3. The van der Waals surface area contributed by atoms with Gasteiger partial charge in [-0.15, -0.1) is 0 Å². The molecule has 0 spiro atoms. The molecule has 0 bridgehead atoms. The largest absolute Gasteiger partial charge is 0.347 e. The molecule has 4 N–H and O–H groups in total. The number of likely N-dealkylation sites (tertiary alicyclic amines) is 1. The van der Waals surface area contributed by atoms with Gasteiger partial charge in [0.05, 0.1) is 12.2 Å². The maximum atomic E-state index is 14.6. The minimum absolute atomic E-state index is 0.0132. The van der Waals surface area contributed by atoms with E-state index in [0.717, 1.165) is 64.2 Å². The Balaban J connectivity index is 1.36. The van der Waals surface area contributed by atoms with Crippen LogP contribution in [0.4, 0.5) is 0 Å². The molecular weight excluding hydrogens is 626 g/mol. The average molecular weight is 680 g/mol. The van der Waals surface area contributed by atoms with Crippen LogP contribution >= 0.6 is 0 Å². The van der Waals surface area contributed by atoms with Crippen LogP contribution in [0.1, 0.15) is 115 Å². The van der Waals surface area contributed by atoms with E-state index >= 15 is 0 Å². The van der Waals surface area contributed by atoms with Gasteiger partial charge in [0.15, 0.2) is 0 Å². The molecule has 268 valence electrons. The fraction of sp³-hybridized carbons (Fsp3) is 0.722. The van der Waals surface area contributed by atoms with Crippen molar-refractivity contribution in [1.82, 2.24) is 36.1 Å². The quantitative estimate of drug-likeness (QED) is 0.230. The van der Waals surface area contributed by atoms with Crippen molar-refractivity contribution in [3.63, 3.8) is 0 Å². The van der Waals surface area contributed by atoms with Crippen LogP contribution in [0.2, 0.25) is 0 Å². The van der Waals surface area contributed by atoms with Crippen LogP contribution in [0.15, 0.2) is 18.6 Å². The van der Waals surface area contributed by atoms with E-state index in [2.05, 4.69) is 31.2 Å². The van der Waals surface area contributed by atoms with Crippen molar-refractivity contribution in [2.24, 2.45) is 23.2 Å². The maximum absolute atomic E-state index is 14.6. The van der Waals surface area contributed by atoms with Gasteiger partial charge in [-0.25, -0.2) is 4.98 Å². The molecule has 5 rings (SSSR count). The Morgan fingerprint density at radius 3 is 2.27 bits per heavy atom. The lowest BCUT2D eigenvalue weighted by atomic mass is 9.82. The van der Waals surface area contributed by atoms with Gasteiger partial charge in [-0.05, 0) is 68.1 Å². The number of nitrogens with one attached hydrogen (secondary N) is 4. The van der Waals surface area contributed by atoms with Crippen LogP contribution in [0.25, 0.3) is 0 Å². The molecule has 4 fully saturated rings. The number of amides is 5. The molecule has 0 aromatic carbocycles. The average Bonchev–Trinajstić information content (AvgIpc) is 3.65. The Labute approximate surface area is 288 Å². The molecule has 2 heterocycles. The predicted molar refractivity (Wildman–Crippen MR) is 181 cm³/mol. The monoisotopic (exact) mass is 679 g/mol. The Morgan fingerprint density at radius 1 is 0.898 bits per heavy atom. The minimum atomic E-state index is -0.994. The number of nitrogens with zero attached hydrogens (tertiary/aromatic N) is 3. The Bertz CT molecular complexity index is 1390. The van der Waals surface area contributed by atoms with E-state index in [0.29, 0.717) is 19.4 Å². The zero-order chi connectivity index (χ0) is 35.3. The highest BCUT2D eigenvalue weighted by Crippen LogP contribution is 2.43. The topological polar surface area (TPSA) is 180 Å². The second kappa shape index (κ2) is 15.8. The molecule has 49 heavy (non-hydrogen) atoms. The van der Waals surface area contributed by atoms with Crippen LogP contribution in [0, 0.1) is 23.2 Å². The van der Waals surface area contributed by atoms with Gasteiger partial charge in [-0.3, -0.25) is 33.8 Å². The van der Waals surface area contributed by atoms with E-state index in [1.807, 2.05) is 27.7 Å². The first-order valence-electron chi connectivity index (χ1n) is 18.2. The summed E-state index contributed by atoms with van der Waals surface area (Å²) < 4.78 is 0. The fourth-order valence-corrected chi connectivity index (χ4v) is 7.87. The smallest absolute Gasteiger partial charge is 0.289 e. The zero-order valence-corrected chi connectivity index (χ0v) is 29.3. The van der Waals surface area contributed by atoms with Gasteiger partial charge in [-0.1, -0.05) is 59.8 Å². The molecule has 0 radical (unpaired) electrons. The third-order valence-corrected chi connectivity index (χ3v) is 10.7. The fourth-order valence-electron chi connectivity index (χ4n) is 7.87. The lowest BCUT2D eigenvalue weighted by molar-refractivity contribution is -0.146. The van der Waals surface area contributed by atoms with E-state index in [1.165, 1.54) is 18.6 Å². The van der Waals surface area contributed by atoms with Crippen LogP contribution in [-0.2, 0) is 24.0 Å². The number of carbonyl (C=O) groups excluding carboxylic acids is 6. The first kappa shape index (κ1) is 36.4. The second-order valence-corrected chi connectivity index (χ2v) is 15.5. The summed E-state index contributed by atoms with van der Waals surface area (Å²) in [5.41, 5.74) is -0.638. The Morgan fingerprint density at radius 2 is 1.63 bits per heavy atom. The van der Waals surface area contributed by atoms with Crippen molar-refractivity contribution in [2.45, 2.75) is 135 Å². The predicted octanol–water partition coefficient (Wildman–Crippen LogP) is 2.45. The molecule has 5 amide bonds. The van der Waals surface area contributed by atoms with E-state index in [1.54, 1.807) is 4.90 Å². The highest BCUT2D eigenvalue weighted by Gasteiger charge is 2.52.